The number of Topliss-reactive ketones (excluding diaryl/α,β-unsaturated/α-hetero) is 1. The highest BCUT2D eigenvalue weighted by Gasteiger charge is 2.14. The number of ketones is 1. The van der Waals surface area contributed by atoms with E-state index in [-0.39, 0.29) is 12.2 Å². The molecule has 0 aliphatic carbocycles. The average Bonchev–Trinajstić information content (AvgIpc) is 2.51. The maximum Gasteiger partial charge on any atom is 0.167 e. The highest BCUT2D eigenvalue weighted by molar-refractivity contribution is 6.42. The van der Waals surface area contributed by atoms with Crippen molar-refractivity contribution in [3.63, 3.8) is 0 Å². The molecular formula is C17H15Cl2NO. The molecule has 0 amide bonds. The Morgan fingerprint density at radius 3 is 2.90 bits per heavy atom. The van der Waals surface area contributed by atoms with Gasteiger partial charge in [-0.3, -0.25) is 4.79 Å². The third-order valence-electron chi connectivity index (χ3n) is 3.75. The lowest BCUT2D eigenvalue weighted by atomic mass is 9.97. The number of rotatable bonds is 3. The van der Waals surface area contributed by atoms with E-state index in [4.69, 9.17) is 23.2 Å². The average molecular weight is 320 g/mol. The summed E-state index contributed by atoms with van der Waals surface area (Å²) in [6.45, 7) is 0.998. The van der Waals surface area contributed by atoms with E-state index in [0.717, 1.165) is 36.2 Å². The number of carbonyl (C=O) groups is 1. The summed E-state index contributed by atoms with van der Waals surface area (Å²) in [5, 5.41) is 4.29. The minimum absolute atomic E-state index is 0.0625. The second-order valence-corrected chi connectivity index (χ2v) is 6.00. The van der Waals surface area contributed by atoms with E-state index in [9.17, 15) is 4.79 Å². The summed E-state index contributed by atoms with van der Waals surface area (Å²) < 4.78 is 0. The first kappa shape index (κ1) is 14.4. The summed E-state index contributed by atoms with van der Waals surface area (Å²) in [5.41, 5.74) is 3.85. The SMILES string of the molecule is O=C(Cc1cccc(Cl)c1Cl)c1ccc2c(c1)CCCN2. The molecule has 1 N–H and O–H groups in total. The van der Waals surface area contributed by atoms with Crippen molar-refractivity contribution in [3.8, 4) is 0 Å². The van der Waals surface area contributed by atoms with Crippen LogP contribution in [0.4, 0.5) is 5.69 Å². The number of halogens is 2. The van der Waals surface area contributed by atoms with Gasteiger partial charge in [-0.15, -0.1) is 0 Å². The zero-order chi connectivity index (χ0) is 14.8. The van der Waals surface area contributed by atoms with Crippen molar-refractivity contribution in [1.82, 2.24) is 0 Å². The number of nitrogens with one attached hydrogen (secondary N) is 1. The largest absolute Gasteiger partial charge is 0.385 e. The van der Waals surface area contributed by atoms with Gasteiger partial charge in [-0.1, -0.05) is 35.3 Å². The van der Waals surface area contributed by atoms with Crippen LogP contribution < -0.4 is 5.32 Å². The van der Waals surface area contributed by atoms with Crippen LogP contribution in [0.1, 0.15) is 27.9 Å². The second-order valence-electron chi connectivity index (χ2n) is 5.22. The molecule has 4 heteroatoms. The molecule has 1 aliphatic rings. The Balaban J connectivity index is 1.84. The fourth-order valence-electron chi connectivity index (χ4n) is 2.61. The molecule has 0 radical (unpaired) electrons. The Morgan fingerprint density at radius 1 is 1.19 bits per heavy atom. The van der Waals surface area contributed by atoms with E-state index in [1.165, 1.54) is 5.56 Å². The van der Waals surface area contributed by atoms with E-state index in [2.05, 4.69) is 5.32 Å². The van der Waals surface area contributed by atoms with Gasteiger partial charge in [-0.25, -0.2) is 0 Å². The van der Waals surface area contributed by atoms with Crippen LogP contribution in [-0.4, -0.2) is 12.3 Å². The van der Waals surface area contributed by atoms with Crippen molar-refractivity contribution >= 4 is 34.7 Å². The molecule has 1 aliphatic heterocycles. The van der Waals surface area contributed by atoms with Gasteiger partial charge in [0.25, 0.3) is 0 Å². The Kier molecular flexibility index (Phi) is 4.18. The summed E-state index contributed by atoms with van der Waals surface area (Å²) in [6, 6.07) is 11.2. The van der Waals surface area contributed by atoms with Crippen LogP contribution in [0.3, 0.4) is 0 Å². The summed E-state index contributed by atoms with van der Waals surface area (Å²) in [4.78, 5) is 12.4. The minimum atomic E-state index is 0.0625. The van der Waals surface area contributed by atoms with Crippen molar-refractivity contribution in [2.75, 3.05) is 11.9 Å². The number of anilines is 1. The molecular weight excluding hydrogens is 305 g/mol. The summed E-state index contributed by atoms with van der Waals surface area (Å²) >= 11 is 12.1. The van der Waals surface area contributed by atoms with Crippen LogP contribution in [0.25, 0.3) is 0 Å². The van der Waals surface area contributed by atoms with Crippen LogP contribution in [0.15, 0.2) is 36.4 Å². The van der Waals surface area contributed by atoms with Crippen LogP contribution >= 0.6 is 23.2 Å². The molecule has 21 heavy (non-hydrogen) atoms. The number of aryl methyl sites for hydroxylation is 1. The van der Waals surface area contributed by atoms with Gasteiger partial charge >= 0.3 is 0 Å². The van der Waals surface area contributed by atoms with E-state index in [0.29, 0.717) is 10.0 Å². The molecule has 0 bridgehead atoms. The molecule has 2 aromatic carbocycles. The van der Waals surface area contributed by atoms with Crippen LogP contribution in [-0.2, 0) is 12.8 Å². The Bertz CT molecular complexity index is 697. The predicted molar refractivity (Wildman–Crippen MR) is 87.7 cm³/mol. The highest BCUT2D eigenvalue weighted by atomic mass is 35.5. The topological polar surface area (TPSA) is 29.1 Å². The van der Waals surface area contributed by atoms with Gasteiger partial charge in [0.1, 0.15) is 0 Å². The maximum atomic E-state index is 12.4. The van der Waals surface area contributed by atoms with Crippen molar-refractivity contribution in [2.45, 2.75) is 19.3 Å². The van der Waals surface area contributed by atoms with Crippen molar-refractivity contribution in [3.05, 3.63) is 63.1 Å². The molecule has 0 saturated heterocycles. The number of hydrogen-bond acceptors (Lipinski definition) is 2. The molecule has 3 rings (SSSR count). The van der Waals surface area contributed by atoms with Gasteiger partial charge in [0.15, 0.2) is 5.78 Å². The van der Waals surface area contributed by atoms with Gasteiger partial charge in [0.2, 0.25) is 0 Å². The van der Waals surface area contributed by atoms with Crippen LogP contribution in [0.2, 0.25) is 10.0 Å². The van der Waals surface area contributed by atoms with Gasteiger partial charge in [-0.2, -0.15) is 0 Å². The quantitative estimate of drug-likeness (QED) is 0.825. The van der Waals surface area contributed by atoms with Gasteiger partial charge in [0.05, 0.1) is 10.0 Å². The van der Waals surface area contributed by atoms with Crippen molar-refractivity contribution in [1.29, 1.82) is 0 Å². The predicted octanol–water partition coefficient (Wildman–Crippen LogP) is 4.78. The zero-order valence-electron chi connectivity index (χ0n) is 11.5. The van der Waals surface area contributed by atoms with Crippen LogP contribution in [0.5, 0.6) is 0 Å². The summed E-state index contributed by atoms with van der Waals surface area (Å²) in [6.07, 6.45) is 2.39. The van der Waals surface area contributed by atoms with Crippen molar-refractivity contribution in [2.24, 2.45) is 0 Å². The number of hydrogen-bond donors (Lipinski definition) is 1. The lowest BCUT2D eigenvalue weighted by Gasteiger charge is -2.18. The molecule has 0 saturated carbocycles. The first-order chi connectivity index (χ1) is 10.1. The third-order valence-corrected chi connectivity index (χ3v) is 4.61. The standard InChI is InChI=1S/C17H15Cl2NO/c18-14-5-1-3-13(17(14)19)10-16(21)12-6-7-15-11(9-12)4-2-8-20-15/h1,3,5-7,9,20H,2,4,8,10H2. The van der Waals surface area contributed by atoms with E-state index in [1.807, 2.05) is 30.3 Å². The van der Waals surface area contributed by atoms with E-state index >= 15 is 0 Å². The van der Waals surface area contributed by atoms with Gasteiger partial charge < -0.3 is 5.32 Å². The lowest BCUT2D eigenvalue weighted by molar-refractivity contribution is 0.0993. The highest BCUT2D eigenvalue weighted by Crippen LogP contribution is 2.27. The Hall–Kier alpha value is -1.51. The first-order valence-electron chi connectivity index (χ1n) is 6.98. The van der Waals surface area contributed by atoms with Crippen LogP contribution in [0, 0.1) is 0 Å². The smallest absolute Gasteiger partial charge is 0.167 e. The molecule has 0 unspecified atom stereocenters. The van der Waals surface area contributed by atoms with E-state index < -0.39 is 0 Å². The Labute approximate surface area is 134 Å². The normalized spacial score (nSPS) is 13.4. The first-order valence-corrected chi connectivity index (χ1v) is 7.73. The molecule has 0 atom stereocenters. The fourth-order valence-corrected chi connectivity index (χ4v) is 3.00. The molecule has 0 aromatic heterocycles. The monoisotopic (exact) mass is 319 g/mol. The molecule has 1 heterocycles. The third kappa shape index (κ3) is 3.07. The molecule has 0 spiro atoms. The molecule has 0 fully saturated rings. The molecule has 2 aromatic rings. The van der Waals surface area contributed by atoms with Gasteiger partial charge in [-0.05, 0) is 48.2 Å². The number of benzene rings is 2. The Morgan fingerprint density at radius 2 is 2.05 bits per heavy atom. The second kappa shape index (κ2) is 6.08. The lowest BCUT2D eigenvalue weighted by Crippen LogP contribution is -2.13. The zero-order valence-corrected chi connectivity index (χ0v) is 13.0. The number of fused-ring (bicyclic) bond motifs is 1. The summed E-state index contributed by atoms with van der Waals surface area (Å²) in [5.74, 6) is 0.0625. The molecule has 2 nitrogen and oxygen atoms in total. The fraction of sp³-hybridized carbons (Fsp3) is 0.235. The summed E-state index contributed by atoms with van der Waals surface area (Å²) in [7, 11) is 0. The van der Waals surface area contributed by atoms with Gasteiger partial charge in [0, 0.05) is 24.2 Å². The minimum Gasteiger partial charge on any atom is -0.385 e. The molecule has 108 valence electrons. The van der Waals surface area contributed by atoms with E-state index in [1.54, 1.807) is 6.07 Å². The number of carbonyl (C=O) groups excluding carboxylic acids is 1. The maximum absolute atomic E-state index is 12.4. The van der Waals surface area contributed by atoms with Crippen molar-refractivity contribution < 1.29 is 4.79 Å².